The third kappa shape index (κ3) is 1.69. The standard InChI is InChI=1S/C11H9N5O2/c1-11(10(17)18,8-2-4-13-5-3-8)16-7-14-9(6-12)15-16/h2-5,7H,1H3,(H,17,18). The Hall–Kier alpha value is -2.75. The minimum Gasteiger partial charge on any atom is -0.479 e. The van der Waals surface area contributed by atoms with E-state index in [-0.39, 0.29) is 5.82 Å². The molecule has 2 aromatic rings. The van der Waals surface area contributed by atoms with E-state index >= 15 is 0 Å². The van der Waals surface area contributed by atoms with Crippen LogP contribution in [0.3, 0.4) is 0 Å². The van der Waals surface area contributed by atoms with E-state index in [2.05, 4.69) is 15.1 Å². The number of nitrogens with zero attached hydrogens (tertiary/aromatic N) is 5. The molecule has 0 saturated heterocycles. The van der Waals surface area contributed by atoms with Crippen LogP contribution in [0, 0.1) is 11.3 Å². The molecular weight excluding hydrogens is 234 g/mol. The first-order valence-electron chi connectivity index (χ1n) is 5.05. The highest BCUT2D eigenvalue weighted by molar-refractivity contribution is 5.80. The van der Waals surface area contributed by atoms with Crippen LogP contribution in [0.5, 0.6) is 0 Å². The molecule has 0 aliphatic rings. The zero-order chi connectivity index (χ0) is 13.2. The van der Waals surface area contributed by atoms with Crippen LogP contribution in [-0.4, -0.2) is 30.8 Å². The van der Waals surface area contributed by atoms with E-state index in [9.17, 15) is 9.90 Å². The number of carbonyl (C=O) groups is 1. The Morgan fingerprint density at radius 3 is 2.67 bits per heavy atom. The SMILES string of the molecule is CC(C(=O)O)(c1ccncc1)n1cnc(C#N)n1. The molecule has 0 bridgehead atoms. The molecular formula is C11H9N5O2. The molecule has 1 atom stereocenters. The van der Waals surface area contributed by atoms with Gasteiger partial charge < -0.3 is 5.11 Å². The van der Waals surface area contributed by atoms with E-state index in [0.29, 0.717) is 5.56 Å². The van der Waals surface area contributed by atoms with Crippen molar-refractivity contribution in [2.45, 2.75) is 12.5 Å². The summed E-state index contributed by atoms with van der Waals surface area (Å²) in [6.07, 6.45) is 4.23. The number of hydrogen-bond acceptors (Lipinski definition) is 5. The lowest BCUT2D eigenvalue weighted by atomic mass is 9.93. The van der Waals surface area contributed by atoms with Crippen LogP contribution in [0.25, 0.3) is 0 Å². The molecule has 1 N–H and O–H groups in total. The number of aliphatic carboxylic acids is 1. The van der Waals surface area contributed by atoms with Crippen molar-refractivity contribution in [1.82, 2.24) is 19.7 Å². The highest BCUT2D eigenvalue weighted by atomic mass is 16.4. The third-order valence-electron chi connectivity index (χ3n) is 2.71. The van der Waals surface area contributed by atoms with E-state index in [0.717, 1.165) is 4.68 Å². The minimum atomic E-state index is -1.43. The Morgan fingerprint density at radius 1 is 1.50 bits per heavy atom. The molecule has 0 radical (unpaired) electrons. The van der Waals surface area contributed by atoms with Gasteiger partial charge in [0, 0.05) is 12.4 Å². The van der Waals surface area contributed by atoms with Gasteiger partial charge in [-0.05, 0) is 24.6 Å². The van der Waals surface area contributed by atoms with Gasteiger partial charge in [0.05, 0.1) is 0 Å². The van der Waals surface area contributed by atoms with Crippen molar-refractivity contribution >= 4 is 5.97 Å². The normalized spacial score (nSPS) is 13.6. The molecule has 2 aromatic heterocycles. The molecule has 0 amide bonds. The largest absolute Gasteiger partial charge is 0.479 e. The van der Waals surface area contributed by atoms with Crippen molar-refractivity contribution in [2.24, 2.45) is 0 Å². The van der Waals surface area contributed by atoms with Crippen LogP contribution >= 0.6 is 0 Å². The van der Waals surface area contributed by atoms with Crippen LogP contribution in [0.1, 0.15) is 18.3 Å². The van der Waals surface area contributed by atoms with Gasteiger partial charge in [0.15, 0.2) is 5.54 Å². The molecule has 0 aliphatic carbocycles. The van der Waals surface area contributed by atoms with Gasteiger partial charge in [0.25, 0.3) is 5.82 Å². The molecule has 90 valence electrons. The van der Waals surface area contributed by atoms with Gasteiger partial charge in [0.1, 0.15) is 12.4 Å². The molecule has 2 heterocycles. The maximum Gasteiger partial charge on any atom is 0.336 e. The van der Waals surface area contributed by atoms with Crippen LogP contribution in [-0.2, 0) is 10.3 Å². The highest BCUT2D eigenvalue weighted by Gasteiger charge is 2.38. The molecule has 0 fully saturated rings. The van der Waals surface area contributed by atoms with E-state index < -0.39 is 11.5 Å². The topological polar surface area (TPSA) is 105 Å². The molecule has 7 nitrogen and oxygen atoms in total. The van der Waals surface area contributed by atoms with Crippen molar-refractivity contribution < 1.29 is 9.90 Å². The Balaban J connectivity index is 2.59. The first-order chi connectivity index (χ1) is 8.59. The Morgan fingerprint density at radius 2 is 2.17 bits per heavy atom. The molecule has 0 spiro atoms. The second-order valence-corrected chi connectivity index (χ2v) is 3.74. The molecule has 18 heavy (non-hydrogen) atoms. The van der Waals surface area contributed by atoms with Crippen molar-refractivity contribution in [2.75, 3.05) is 0 Å². The van der Waals surface area contributed by atoms with Crippen molar-refractivity contribution in [3.05, 3.63) is 42.2 Å². The fraction of sp³-hybridized carbons (Fsp3) is 0.182. The molecule has 0 saturated carbocycles. The summed E-state index contributed by atoms with van der Waals surface area (Å²) in [5.41, 5.74) is -0.926. The summed E-state index contributed by atoms with van der Waals surface area (Å²) < 4.78 is 1.16. The van der Waals surface area contributed by atoms with Crippen LogP contribution in [0.4, 0.5) is 0 Å². The fourth-order valence-electron chi connectivity index (χ4n) is 1.56. The average molecular weight is 243 g/mol. The Bertz CT molecular complexity index is 616. The molecule has 7 heteroatoms. The van der Waals surface area contributed by atoms with Gasteiger partial charge in [0.2, 0.25) is 0 Å². The number of nitriles is 1. The predicted molar refractivity (Wildman–Crippen MR) is 59.4 cm³/mol. The van der Waals surface area contributed by atoms with Gasteiger partial charge in [-0.15, -0.1) is 5.10 Å². The monoisotopic (exact) mass is 243 g/mol. The lowest BCUT2D eigenvalue weighted by Gasteiger charge is -2.24. The van der Waals surface area contributed by atoms with E-state index in [1.54, 1.807) is 18.2 Å². The smallest absolute Gasteiger partial charge is 0.336 e. The second-order valence-electron chi connectivity index (χ2n) is 3.74. The van der Waals surface area contributed by atoms with E-state index in [4.69, 9.17) is 5.26 Å². The lowest BCUT2D eigenvalue weighted by Crippen LogP contribution is -2.40. The molecule has 0 aliphatic heterocycles. The number of carboxylic acids is 1. The summed E-state index contributed by atoms with van der Waals surface area (Å²) in [5.74, 6) is -1.17. The summed E-state index contributed by atoms with van der Waals surface area (Å²) in [5, 5.41) is 22.0. The van der Waals surface area contributed by atoms with Crippen LogP contribution in [0.15, 0.2) is 30.9 Å². The summed E-state index contributed by atoms with van der Waals surface area (Å²) in [4.78, 5) is 19.1. The lowest BCUT2D eigenvalue weighted by molar-refractivity contribution is -0.144. The molecule has 2 rings (SSSR count). The fourth-order valence-corrected chi connectivity index (χ4v) is 1.56. The average Bonchev–Trinajstić information content (AvgIpc) is 2.87. The summed E-state index contributed by atoms with van der Waals surface area (Å²) in [6, 6.07) is 4.93. The minimum absolute atomic E-state index is 0.0727. The van der Waals surface area contributed by atoms with Crippen LogP contribution in [0.2, 0.25) is 0 Å². The number of carboxylic acid groups (broad SMARTS) is 1. The van der Waals surface area contributed by atoms with Gasteiger partial charge >= 0.3 is 5.97 Å². The quantitative estimate of drug-likeness (QED) is 0.836. The summed E-state index contributed by atoms with van der Waals surface area (Å²) in [6.45, 7) is 1.49. The number of aromatic nitrogens is 4. The number of pyridine rings is 1. The zero-order valence-corrected chi connectivity index (χ0v) is 9.48. The summed E-state index contributed by atoms with van der Waals surface area (Å²) >= 11 is 0. The van der Waals surface area contributed by atoms with Crippen molar-refractivity contribution in [3.8, 4) is 6.07 Å². The van der Waals surface area contributed by atoms with Gasteiger partial charge in [-0.3, -0.25) is 4.98 Å². The number of hydrogen-bond donors (Lipinski definition) is 1. The van der Waals surface area contributed by atoms with Crippen molar-refractivity contribution in [3.63, 3.8) is 0 Å². The summed E-state index contributed by atoms with van der Waals surface area (Å²) in [7, 11) is 0. The molecule has 0 aromatic carbocycles. The Labute approximate surface area is 102 Å². The Kier molecular flexibility index (Phi) is 2.77. The van der Waals surface area contributed by atoms with Gasteiger partial charge in [-0.25, -0.2) is 14.5 Å². The first kappa shape index (κ1) is 11.7. The first-order valence-corrected chi connectivity index (χ1v) is 5.05. The van der Waals surface area contributed by atoms with Gasteiger partial charge in [-0.2, -0.15) is 5.26 Å². The number of rotatable bonds is 3. The van der Waals surface area contributed by atoms with Crippen LogP contribution < -0.4 is 0 Å². The second kappa shape index (κ2) is 4.25. The maximum absolute atomic E-state index is 11.5. The highest BCUT2D eigenvalue weighted by Crippen LogP contribution is 2.24. The predicted octanol–water partition coefficient (Wildman–Crippen LogP) is 0.393. The zero-order valence-electron chi connectivity index (χ0n) is 9.48. The maximum atomic E-state index is 11.5. The van der Waals surface area contributed by atoms with Gasteiger partial charge in [-0.1, -0.05) is 0 Å². The molecule has 1 unspecified atom stereocenters. The van der Waals surface area contributed by atoms with Crippen molar-refractivity contribution in [1.29, 1.82) is 5.26 Å². The third-order valence-corrected chi connectivity index (χ3v) is 2.71. The van der Waals surface area contributed by atoms with E-state index in [1.165, 1.54) is 25.6 Å². The van der Waals surface area contributed by atoms with E-state index in [1.807, 2.05) is 0 Å².